The van der Waals surface area contributed by atoms with E-state index in [-0.39, 0.29) is 43.5 Å². The summed E-state index contributed by atoms with van der Waals surface area (Å²) in [6.07, 6.45) is 2.26. The number of amides is 1. The van der Waals surface area contributed by atoms with Crippen LogP contribution in [0.3, 0.4) is 0 Å². The van der Waals surface area contributed by atoms with Crippen molar-refractivity contribution >= 4 is 11.9 Å². The molecular formula is C39H45N3O6. The molecule has 252 valence electrons. The van der Waals surface area contributed by atoms with Crippen molar-refractivity contribution in [3.63, 3.8) is 0 Å². The van der Waals surface area contributed by atoms with Gasteiger partial charge in [-0.1, -0.05) is 85.8 Å². The molecular weight excluding hydrogens is 606 g/mol. The van der Waals surface area contributed by atoms with Crippen LogP contribution in [-0.4, -0.2) is 58.2 Å². The standard InChI is InChI=1S/C39H45N3O6/c1-27-35(25-42(2)23-21-33-9-5-6-22-40-33)47-39(48-38(27)30-15-13-28(26-43)14-16-30)31-19-17-29(18-20-31)34-10-4-3-8-32(34)24-41-36(44)11-7-12-37(45)46/h3-6,8-10,13-20,22,27,35,38-39,43H,7,11-12,21,23-26H2,1-2H3,(H,41,44)(H,45,46). The molecule has 5 rings (SSSR count). The molecule has 1 aliphatic heterocycles. The molecule has 3 aromatic carbocycles. The quantitative estimate of drug-likeness (QED) is 0.142. The zero-order valence-electron chi connectivity index (χ0n) is 27.6. The lowest BCUT2D eigenvalue weighted by Crippen LogP contribution is -2.43. The zero-order valence-corrected chi connectivity index (χ0v) is 27.6. The van der Waals surface area contributed by atoms with Gasteiger partial charge in [-0.15, -0.1) is 0 Å². The summed E-state index contributed by atoms with van der Waals surface area (Å²) in [5.74, 6) is -0.995. The van der Waals surface area contributed by atoms with Crippen LogP contribution in [0.5, 0.6) is 0 Å². The summed E-state index contributed by atoms with van der Waals surface area (Å²) >= 11 is 0. The summed E-state index contributed by atoms with van der Waals surface area (Å²) in [5, 5.41) is 21.3. The van der Waals surface area contributed by atoms with Gasteiger partial charge in [0.15, 0.2) is 6.29 Å². The Hall–Kier alpha value is -4.41. The lowest BCUT2D eigenvalue weighted by Gasteiger charge is -2.42. The van der Waals surface area contributed by atoms with E-state index in [0.717, 1.165) is 58.6 Å². The predicted octanol–water partition coefficient (Wildman–Crippen LogP) is 6.08. The van der Waals surface area contributed by atoms with Crippen molar-refractivity contribution in [1.82, 2.24) is 15.2 Å². The van der Waals surface area contributed by atoms with Gasteiger partial charge in [0.25, 0.3) is 0 Å². The lowest BCUT2D eigenvalue weighted by molar-refractivity contribution is -0.275. The predicted molar refractivity (Wildman–Crippen MR) is 184 cm³/mol. The fourth-order valence-electron chi connectivity index (χ4n) is 6.04. The normalized spacial score (nSPS) is 19.2. The number of aliphatic carboxylic acids is 1. The molecule has 1 fully saturated rings. The van der Waals surface area contributed by atoms with Gasteiger partial charge in [0, 0.05) is 62.3 Å². The van der Waals surface area contributed by atoms with E-state index >= 15 is 0 Å². The molecule has 0 spiro atoms. The topological polar surface area (TPSA) is 121 Å². The summed E-state index contributed by atoms with van der Waals surface area (Å²) < 4.78 is 13.4. The first kappa shape index (κ1) is 34.9. The first-order valence-electron chi connectivity index (χ1n) is 16.6. The third-order valence-corrected chi connectivity index (χ3v) is 8.87. The Balaban J connectivity index is 1.30. The number of carboxylic acid groups (broad SMARTS) is 1. The average molecular weight is 652 g/mol. The van der Waals surface area contributed by atoms with Crippen LogP contribution in [0.2, 0.25) is 0 Å². The molecule has 2 heterocycles. The van der Waals surface area contributed by atoms with Crippen LogP contribution in [0.1, 0.15) is 66.5 Å². The van der Waals surface area contributed by atoms with Crippen LogP contribution in [0.15, 0.2) is 97.2 Å². The highest BCUT2D eigenvalue weighted by atomic mass is 16.7. The zero-order chi connectivity index (χ0) is 33.9. The number of carboxylic acids is 1. The first-order valence-corrected chi connectivity index (χ1v) is 16.6. The Morgan fingerprint density at radius 2 is 1.62 bits per heavy atom. The summed E-state index contributed by atoms with van der Waals surface area (Å²) in [5.41, 5.74) is 6.84. The Kier molecular flexibility index (Phi) is 12.5. The molecule has 1 amide bonds. The first-order chi connectivity index (χ1) is 23.3. The average Bonchev–Trinajstić information content (AvgIpc) is 3.11. The van der Waals surface area contributed by atoms with Crippen LogP contribution in [-0.2, 0) is 38.6 Å². The number of likely N-dealkylation sites (N-methyl/N-ethyl adjacent to an activating group) is 1. The highest BCUT2D eigenvalue weighted by Gasteiger charge is 2.38. The highest BCUT2D eigenvalue weighted by molar-refractivity contribution is 5.77. The molecule has 4 unspecified atom stereocenters. The molecule has 1 aliphatic rings. The number of rotatable bonds is 15. The van der Waals surface area contributed by atoms with Crippen molar-refractivity contribution in [2.24, 2.45) is 5.92 Å². The lowest BCUT2D eigenvalue weighted by atomic mass is 9.90. The minimum absolute atomic E-state index is 0.00851. The van der Waals surface area contributed by atoms with Gasteiger partial charge in [-0.25, -0.2) is 0 Å². The van der Waals surface area contributed by atoms with Gasteiger partial charge in [-0.05, 0) is 53.4 Å². The van der Waals surface area contributed by atoms with Crippen LogP contribution in [0, 0.1) is 5.92 Å². The van der Waals surface area contributed by atoms with E-state index < -0.39 is 12.3 Å². The summed E-state index contributed by atoms with van der Waals surface area (Å²) in [6, 6.07) is 30.0. The largest absolute Gasteiger partial charge is 0.481 e. The number of ether oxygens (including phenoxy) is 2. The van der Waals surface area contributed by atoms with E-state index in [1.165, 1.54) is 0 Å². The van der Waals surface area contributed by atoms with E-state index in [1.54, 1.807) is 0 Å². The van der Waals surface area contributed by atoms with Gasteiger partial charge in [-0.3, -0.25) is 14.6 Å². The molecule has 3 N–H and O–H groups in total. The van der Waals surface area contributed by atoms with Crippen LogP contribution < -0.4 is 5.32 Å². The maximum Gasteiger partial charge on any atom is 0.303 e. The SMILES string of the molecule is CC1C(CN(C)CCc2ccccn2)OC(c2ccc(-c3ccccc3CNC(=O)CCCC(=O)O)cc2)OC1c1ccc(CO)cc1. The van der Waals surface area contributed by atoms with Gasteiger partial charge in [0.1, 0.15) is 0 Å². The number of aliphatic hydroxyl groups is 1. The van der Waals surface area contributed by atoms with Crippen LogP contribution >= 0.6 is 0 Å². The molecule has 9 heteroatoms. The number of hydrogen-bond acceptors (Lipinski definition) is 7. The fourth-order valence-corrected chi connectivity index (χ4v) is 6.04. The van der Waals surface area contributed by atoms with Crippen molar-refractivity contribution in [2.45, 2.75) is 64.3 Å². The Bertz CT molecular complexity index is 1610. The second-order valence-electron chi connectivity index (χ2n) is 12.5. The minimum atomic E-state index is -0.901. The van der Waals surface area contributed by atoms with Crippen molar-refractivity contribution < 1.29 is 29.3 Å². The smallest absolute Gasteiger partial charge is 0.303 e. The molecule has 1 aromatic heterocycles. The minimum Gasteiger partial charge on any atom is -0.481 e. The van der Waals surface area contributed by atoms with E-state index in [2.05, 4.69) is 29.2 Å². The number of pyridine rings is 1. The maximum absolute atomic E-state index is 12.3. The maximum atomic E-state index is 12.3. The molecule has 0 radical (unpaired) electrons. The molecule has 4 atom stereocenters. The summed E-state index contributed by atoms with van der Waals surface area (Å²) in [6.45, 7) is 4.09. The van der Waals surface area contributed by atoms with Crippen molar-refractivity contribution in [3.05, 3.63) is 125 Å². The summed E-state index contributed by atoms with van der Waals surface area (Å²) in [4.78, 5) is 29.8. The third kappa shape index (κ3) is 9.58. The molecule has 0 aliphatic carbocycles. The Morgan fingerprint density at radius 1 is 0.896 bits per heavy atom. The fraction of sp³-hybridized carbons (Fsp3) is 0.359. The molecule has 4 aromatic rings. The van der Waals surface area contributed by atoms with Gasteiger partial charge >= 0.3 is 5.97 Å². The molecule has 9 nitrogen and oxygen atoms in total. The van der Waals surface area contributed by atoms with Crippen LogP contribution in [0.4, 0.5) is 0 Å². The number of hydrogen-bond donors (Lipinski definition) is 3. The van der Waals surface area contributed by atoms with Gasteiger partial charge in [0.2, 0.25) is 5.91 Å². The monoisotopic (exact) mass is 651 g/mol. The van der Waals surface area contributed by atoms with Crippen molar-refractivity contribution in [2.75, 3.05) is 20.1 Å². The highest BCUT2D eigenvalue weighted by Crippen LogP contribution is 2.42. The van der Waals surface area contributed by atoms with E-state index in [0.29, 0.717) is 13.0 Å². The number of nitrogens with zero attached hydrogens (tertiary/aromatic N) is 2. The third-order valence-electron chi connectivity index (χ3n) is 8.87. The number of aliphatic hydroxyl groups excluding tert-OH is 1. The number of carbonyl (C=O) groups is 2. The van der Waals surface area contributed by atoms with E-state index in [1.807, 2.05) is 97.2 Å². The van der Waals surface area contributed by atoms with E-state index in [4.69, 9.17) is 14.6 Å². The second kappa shape index (κ2) is 17.1. The van der Waals surface area contributed by atoms with Crippen molar-refractivity contribution in [1.29, 1.82) is 0 Å². The second-order valence-corrected chi connectivity index (χ2v) is 12.5. The molecule has 0 bridgehead atoms. The van der Waals surface area contributed by atoms with Crippen molar-refractivity contribution in [3.8, 4) is 11.1 Å². The van der Waals surface area contributed by atoms with E-state index in [9.17, 15) is 14.7 Å². The Morgan fingerprint density at radius 3 is 2.33 bits per heavy atom. The number of aromatic nitrogens is 1. The number of nitrogens with one attached hydrogen (secondary N) is 1. The molecule has 1 saturated heterocycles. The van der Waals surface area contributed by atoms with Gasteiger partial charge in [-0.2, -0.15) is 0 Å². The van der Waals surface area contributed by atoms with Gasteiger partial charge in [0.05, 0.1) is 18.8 Å². The van der Waals surface area contributed by atoms with Crippen LogP contribution in [0.25, 0.3) is 11.1 Å². The summed E-state index contributed by atoms with van der Waals surface area (Å²) in [7, 11) is 2.11. The molecule has 0 saturated carbocycles. The number of benzene rings is 3. The number of carbonyl (C=O) groups excluding carboxylic acids is 1. The van der Waals surface area contributed by atoms with Gasteiger partial charge < -0.3 is 29.9 Å². The molecule has 48 heavy (non-hydrogen) atoms. The Labute approximate surface area is 282 Å².